The van der Waals surface area contributed by atoms with Gasteiger partial charge in [0.2, 0.25) is 5.91 Å². The van der Waals surface area contributed by atoms with Crippen LogP contribution in [0.3, 0.4) is 0 Å². The molecule has 1 aliphatic heterocycles. The summed E-state index contributed by atoms with van der Waals surface area (Å²) in [6, 6.07) is 7.99. The van der Waals surface area contributed by atoms with Gasteiger partial charge in [-0.25, -0.2) is 9.97 Å². The van der Waals surface area contributed by atoms with Crippen molar-refractivity contribution in [3.05, 3.63) is 52.6 Å². The molecule has 27 heavy (non-hydrogen) atoms. The van der Waals surface area contributed by atoms with E-state index >= 15 is 0 Å². The van der Waals surface area contributed by atoms with Crippen LogP contribution >= 0.6 is 0 Å². The smallest absolute Gasteiger partial charge is 0.223 e. The first-order valence-corrected chi connectivity index (χ1v) is 10.0. The molecule has 1 aromatic heterocycles. The van der Waals surface area contributed by atoms with Crippen LogP contribution in [0.4, 0.5) is 0 Å². The van der Waals surface area contributed by atoms with Crippen molar-refractivity contribution in [1.29, 1.82) is 0 Å². The number of aromatic nitrogens is 2. The minimum absolute atomic E-state index is 0.0418. The van der Waals surface area contributed by atoms with Crippen molar-refractivity contribution in [1.82, 2.24) is 15.3 Å². The van der Waals surface area contributed by atoms with E-state index in [1.807, 2.05) is 24.3 Å². The summed E-state index contributed by atoms with van der Waals surface area (Å²) < 4.78 is 5.77. The van der Waals surface area contributed by atoms with Crippen LogP contribution in [0.2, 0.25) is 0 Å². The molecule has 5 heteroatoms. The Balaban J connectivity index is 1.34. The molecule has 1 amide bonds. The van der Waals surface area contributed by atoms with E-state index in [0.717, 1.165) is 48.5 Å². The first kappa shape index (κ1) is 18.0. The molecule has 0 saturated carbocycles. The molecule has 2 heterocycles. The molecule has 0 spiro atoms. The van der Waals surface area contributed by atoms with Crippen molar-refractivity contribution >= 4 is 5.91 Å². The van der Waals surface area contributed by atoms with Gasteiger partial charge >= 0.3 is 0 Å². The zero-order valence-electron chi connectivity index (χ0n) is 16.0. The lowest BCUT2D eigenvalue weighted by Crippen LogP contribution is -2.34. The Hall–Kier alpha value is -2.43. The summed E-state index contributed by atoms with van der Waals surface area (Å²) in [7, 11) is 0. The number of fused-ring (bicyclic) bond motifs is 2. The average Bonchev–Trinajstić information content (AvgIpc) is 2.90. The molecule has 0 fully saturated rings. The zero-order chi connectivity index (χ0) is 18.6. The molecule has 0 saturated heterocycles. The fourth-order valence-electron chi connectivity index (χ4n) is 4.11. The maximum absolute atomic E-state index is 12.6. The normalized spacial score (nSPS) is 18.6. The van der Waals surface area contributed by atoms with E-state index in [4.69, 9.17) is 9.72 Å². The van der Waals surface area contributed by atoms with Crippen LogP contribution in [-0.4, -0.2) is 29.0 Å². The van der Waals surface area contributed by atoms with Gasteiger partial charge in [-0.2, -0.15) is 0 Å². The highest BCUT2D eigenvalue weighted by Gasteiger charge is 2.23. The Bertz CT molecular complexity index is 834. The number of hydrogen-bond acceptors (Lipinski definition) is 4. The van der Waals surface area contributed by atoms with Gasteiger partial charge in [0, 0.05) is 30.3 Å². The summed E-state index contributed by atoms with van der Waals surface area (Å²) in [6.45, 7) is 3.25. The molecule has 142 valence electrons. The summed E-state index contributed by atoms with van der Waals surface area (Å²) in [5, 5.41) is 3.08. The van der Waals surface area contributed by atoms with Gasteiger partial charge in [0.1, 0.15) is 11.6 Å². The number of carbonyl (C=O) groups is 1. The van der Waals surface area contributed by atoms with Crippen LogP contribution in [0.5, 0.6) is 5.75 Å². The van der Waals surface area contributed by atoms with Crippen molar-refractivity contribution in [3.63, 3.8) is 0 Å². The molecule has 0 bridgehead atoms. The number of ether oxygens (including phenoxy) is 1. The van der Waals surface area contributed by atoms with E-state index < -0.39 is 0 Å². The summed E-state index contributed by atoms with van der Waals surface area (Å²) in [5.41, 5.74) is 4.78. The van der Waals surface area contributed by atoms with Crippen LogP contribution in [-0.2, 0) is 30.5 Å². The molecular weight excluding hydrogens is 338 g/mol. The monoisotopic (exact) mass is 365 g/mol. The molecule has 1 atom stereocenters. The molecule has 1 aliphatic carbocycles. The lowest BCUT2D eigenvalue weighted by Gasteiger charge is -2.18. The molecule has 0 radical (unpaired) electrons. The molecule has 1 unspecified atom stereocenters. The van der Waals surface area contributed by atoms with Gasteiger partial charge in [0.15, 0.2) is 0 Å². The van der Waals surface area contributed by atoms with Crippen molar-refractivity contribution < 1.29 is 9.53 Å². The standard InChI is InChI=1S/C22H27N3O2/c1-15-18-7-3-4-8-19(18)25-21(24-15)10-12-23-22(26)17-11-13-27-20-9-5-2-6-16(20)14-17/h2,5-6,9,17H,3-4,7-8,10-14H2,1H3,(H,23,26). The highest BCUT2D eigenvalue weighted by atomic mass is 16.5. The summed E-state index contributed by atoms with van der Waals surface area (Å²) >= 11 is 0. The van der Waals surface area contributed by atoms with E-state index in [-0.39, 0.29) is 11.8 Å². The predicted octanol–water partition coefficient (Wildman–Crippen LogP) is 2.96. The average molecular weight is 365 g/mol. The SMILES string of the molecule is Cc1nc(CCNC(=O)C2CCOc3ccccc3C2)nc2c1CCCC2. The molecule has 1 aromatic carbocycles. The summed E-state index contributed by atoms with van der Waals surface area (Å²) in [4.78, 5) is 22.0. The first-order valence-electron chi connectivity index (χ1n) is 10.0. The number of rotatable bonds is 4. The molecule has 1 N–H and O–H groups in total. The fourth-order valence-corrected chi connectivity index (χ4v) is 4.11. The molecule has 2 aliphatic rings. The van der Waals surface area contributed by atoms with Crippen molar-refractivity contribution in [2.45, 2.75) is 51.9 Å². The Morgan fingerprint density at radius 2 is 2.07 bits per heavy atom. The minimum atomic E-state index is -0.0418. The molecule has 2 aromatic rings. The van der Waals surface area contributed by atoms with Crippen molar-refractivity contribution in [2.75, 3.05) is 13.2 Å². The lowest BCUT2D eigenvalue weighted by molar-refractivity contribution is -0.125. The van der Waals surface area contributed by atoms with Gasteiger partial charge in [0.05, 0.1) is 6.61 Å². The van der Waals surface area contributed by atoms with Crippen LogP contribution in [0.1, 0.15) is 47.6 Å². The van der Waals surface area contributed by atoms with E-state index in [1.54, 1.807) is 0 Å². The van der Waals surface area contributed by atoms with E-state index in [9.17, 15) is 4.79 Å². The zero-order valence-corrected chi connectivity index (χ0v) is 16.0. The van der Waals surface area contributed by atoms with Gasteiger partial charge < -0.3 is 10.1 Å². The van der Waals surface area contributed by atoms with Crippen LogP contribution in [0, 0.1) is 12.8 Å². The van der Waals surface area contributed by atoms with Gasteiger partial charge in [0.25, 0.3) is 0 Å². The summed E-state index contributed by atoms with van der Waals surface area (Å²) in [6.07, 6.45) is 6.76. The Labute approximate surface area is 160 Å². The van der Waals surface area contributed by atoms with Gasteiger partial charge in [-0.15, -0.1) is 0 Å². The fraction of sp³-hybridized carbons (Fsp3) is 0.500. The largest absolute Gasteiger partial charge is 0.493 e. The van der Waals surface area contributed by atoms with Crippen LogP contribution < -0.4 is 10.1 Å². The maximum Gasteiger partial charge on any atom is 0.223 e. The number of carbonyl (C=O) groups excluding carboxylic acids is 1. The number of hydrogen-bond donors (Lipinski definition) is 1. The molecule has 5 nitrogen and oxygen atoms in total. The maximum atomic E-state index is 12.6. The lowest BCUT2D eigenvalue weighted by atomic mass is 9.95. The van der Waals surface area contributed by atoms with Crippen LogP contribution in [0.25, 0.3) is 0 Å². The Kier molecular flexibility index (Phi) is 5.37. The number of nitrogens with one attached hydrogen (secondary N) is 1. The number of amides is 1. The quantitative estimate of drug-likeness (QED) is 0.905. The second-order valence-corrected chi connectivity index (χ2v) is 7.54. The second-order valence-electron chi connectivity index (χ2n) is 7.54. The number of aryl methyl sites for hydroxylation is 2. The highest BCUT2D eigenvalue weighted by Crippen LogP contribution is 2.26. The van der Waals surface area contributed by atoms with E-state index in [0.29, 0.717) is 19.6 Å². The third-order valence-electron chi connectivity index (χ3n) is 5.62. The first-order chi connectivity index (χ1) is 13.2. The van der Waals surface area contributed by atoms with Crippen molar-refractivity contribution in [2.24, 2.45) is 5.92 Å². The van der Waals surface area contributed by atoms with Gasteiger partial charge in [-0.1, -0.05) is 18.2 Å². The number of nitrogens with zero attached hydrogens (tertiary/aromatic N) is 2. The minimum Gasteiger partial charge on any atom is -0.493 e. The predicted molar refractivity (Wildman–Crippen MR) is 104 cm³/mol. The second kappa shape index (κ2) is 8.07. The van der Waals surface area contributed by atoms with Crippen LogP contribution in [0.15, 0.2) is 24.3 Å². The molecule has 4 rings (SSSR count). The topological polar surface area (TPSA) is 64.1 Å². The number of para-hydroxylation sites is 1. The van der Waals surface area contributed by atoms with Crippen molar-refractivity contribution in [3.8, 4) is 5.75 Å². The van der Waals surface area contributed by atoms with E-state index in [1.165, 1.54) is 24.1 Å². The van der Waals surface area contributed by atoms with Gasteiger partial charge in [-0.05, 0) is 62.6 Å². The third kappa shape index (κ3) is 4.12. The highest BCUT2D eigenvalue weighted by molar-refractivity contribution is 5.79. The Morgan fingerprint density at radius 3 is 3.00 bits per heavy atom. The molecular formula is C22H27N3O2. The summed E-state index contributed by atoms with van der Waals surface area (Å²) in [5.74, 6) is 1.82. The van der Waals surface area contributed by atoms with E-state index in [2.05, 4.69) is 17.2 Å². The van der Waals surface area contributed by atoms with Gasteiger partial charge in [-0.3, -0.25) is 4.79 Å². The number of benzene rings is 1. The Morgan fingerprint density at radius 1 is 1.22 bits per heavy atom. The third-order valence-corrected chi connectivity index (χ3v) is 5.62.